The molecular weight excluding hydrogens is 428 g/mol. The molecule has 2 aliphatic rings. The third kappa shape index (κ3) is 3.33. The lowest BCUT2D eigenvalue weighted by Gasteiger charge is -2.24. The molecule has 0 saturated heterocycles. The minimum Gasteiger partial charge on any atom is -0.497 e. The molecule has 2 aromatic carbocycles. The summed E-state index contributed by atoms with van der Waals surface area (Å²) in [5, 5.41) is 0. The normalized spacial score (nSPS) is 17.2. The number of hydrogen-bond acceptors (Lipinski definition) is 7. The highest BCUT2D eigenvalue weighted by Gasteiger charge is 2.30. The number of carbonyl (C=O) groups is 1. The highest BCUT2D eigenvalue weighted by atomic mass is 32.1. The topological polar surface area (TPSA) is 79.1 Å². The fourth-order valence-electron chi connectivity index (χ4n) is 4.03. The summed E-state index contributed by atoms with van der Waals surface area (Å²) in [5.41, 5.74) is 2.58. The van der Waals surface area contributed by atoms with Crippen LogP contribution in [0.5, 0.6) is 17.2 Å². The molecule has 3 aromatic rings. The summed E-state index contributed by atoms with van der Waals surface area (Å²) in [7, 11) is 1.60. The van der Waals surface area contributed by atoms with Crippen LogP contribution in [0, 0.1) is 0 Å². The first-order chi connectivity index (χ1) is 15.5. The van der Waals surface area contributed by atoms with Gasteiger partial charge in [-0.25, -0.2) is 4.99 Å². The predicted octanol–water partition coefficient (Wildman–Crippen LogP) is 2.56. The van der Waals surface area contributed by atoms with Gasteiger partial charge >= 0.3 is 0 Å². The molecule has 0 spiro atoms. The molecule has 0 fully saturated rings. The van der Waals surface area contributed by atoms with Gasteiger partial charge in [-0.1, -0.05) is 29.5 Å². The predicted molar refractivity (Wildman–Crippen MR) is 120 cm³/mol. The molecule has 0 N–H and O–H groups in total. The van der Waals surface area contributed by atoms with E-state index in [2.05, 4.69) is 4.99 Å². The highest BCUT2D eigenvalue weighted by molar-refractivity contribution is 7.07. The molecule has 0 radical (unpaired) electrons. The van der Waals surface area contributed by atoms with Crippen LogP contribution in [0.4, 0.5) is 0 Å². The molecule has 1 aromatic heterocycles. The molecule has 162 valence electrons. The van der Waals surface area contributed by atoms with Crippen LogP contribution in [-0.4, -0.2) is 24.3 Å². The molecule has 0 saturated carbocycles. The van der Waals surface area contributed by atoms with Crippen LogP contribution >= 0.6 is 11.3 Å². The summed E-state index contributed by atoms with van der Waals surface area (Å²) in [6, 6.07) is 12.4. The van der Waals surface area contributed by atoms with Crippen molar-refractivity contribution < 1.29 is 19.0 Å². The number of fused-ring (bicyclic) bond motifs is 2. The number of thiazole rings is 1. The zero-order chi connectivity index (χ0) is 22.4. The van der Waals surface area contributed by atoms with Crippen molar-refractivity contribution in [2.75, 3.05) is 13.9 Å². The van der Waals surface area contributed by atoms with Gasteiger partial charge in [-0.2, -0.15) is 0 Å². The zero-order valence-corrected chi connectivity index (χ0v) is 18.6. The molecule has 7 nitrogen and oxygen atoms in total. The average molecular weight is 449 g/mol. The Hall–Kier alpha value is -3.65. The molecule has 3 heterocycles. The number of aromatic nitrogens is 1. The van der Waals surface area contributed by atoms with Crippen molar-refractivity contribution in [3.8, 4) is 17.2 Å². The summed E-state index contributed by atoms with van der Waals surface area (Å²) >= 11 is 1.30. The maximum absolute atomic E-state index is 13.5. The summed E-state index contributed by atoms with van der Waals surface area (Å²) < 4.78 is 18.2. The van der Waals surface area contributed by atoms with E-state index in [4.69, 9.17) is 14.2 Å². The van der Waals surface area contributed by atoms with E-state index in [0.29, 0.717) is 37.9 Å². The lowest BCUT2D eigenvalue weighted by Crippen LogP contribution is -2.39. The number of hydrogen-bond donors (Lipinski definition) is 0. The SMILES string of the molecule is COc1ccc([C@H]2C(C(C)=O)=C(C)N=c3s/c(=C\c4ccc5c(c4)OCO5)c(=O)n32)cc1. The third-order valence-corrected chi connectivity index (χ3v) is 6.51. The first-order valence-electron chi connectivity index (χ1n) is 10.0. The van der Waals surface area contributed by atoms with E-state index in [-0.39, 0.29) is 18.1 Å². The number of rotatable bonds is 4. The van der Waals surface area contributed by atoms with E-state index in [0.717, 1.165) is 11.1 Å². The Morgan fingerprint density at radius 2 is 1.94 bits per heavy atom. The first-order valence-corrected chi connectivity index (χ1v) is 10.8. The molecule has 0 unspecified atom stereocenters. The monoisotopic (exact) mass is 448 g/mol. The largest absolute Gasteiger partial charge is 0.497 e. The third-order valence-electron chi connectivity index (χ3n) is 5.53. The van der Waals surface area contributed by atoms with Crippen molar-refractivity contribution in [1.82, 2.24) is 4.57 Å². The van der Waals surface area contributed by atoms with Gasteiger partial charge in [0.2, 0.25) is 6.79 Å². The van der Waals surface area contributed by atoms with Gasteiger partial charge in [-0.15, -0.1) is 0 Å². The molecule has 2 aliphatic heterocycles. The smallest absolute Gasteiger partial charge is 0.271 e. The van der Waals surface area contributed by atoms with E-state index in [1.165, 1.54) is 18.3 Å². The second kappa shape index (κ2) is 7.80. The van der Waals surface area contributed by atoms with Gasteiger partial charge in [0.05, 0.1) is 17.7 Å². The second-order valence-electron chi connectivity index (χ2n) is 7.52. The molecule has 0 aliphatic carbocycles. The number of nitrogens with zero attached hydrogens (tertiary/aromatic N) is 2. The van der Waals surface area contributed by atoms with Gasteiger partial charge in [0.25, 0.3) is 5.56 Å². The Morgan fingerprint density at radius 3 is 2.66 bits per heavy atom. The molecule has 0 amide bonds. The van der Waals surface area contributed by atoms with Gasteiger partial charge in [0.1, 0.15) is 5.75 Å². The number of Topliss-reactive ketones (excluding diaryl/α,β-unsaturated/α-hetero) is 1. The minimum absolute atomic E-state index is 0.114. The number of ether oxygens (including phenoxy) is 3. The summed E-state index contributed by atoms with van der Waals surface area (Å²) in [6.45, 7) is 3.50. The molecule has 1 atom stereocenters. The number of allylic oxidation sites excluding steroid dienone is 2. The van der Waals surface area contributed by atoms with Crippen molar-refractivity contribution in [2.45, 2.75) is 19.9 Å². The summed E-state index contributed by atoms with van der Waals surface area (Å²) in [4.78, 5) is 31.2. The maximum atomic E-state index is 13.5. The van der Waals surface area contributed by atoms with Crippen molar-refractivity contribution in [3.05, 3.63) is 84.5 Å². The first kappa shape index (κ1) is 20.3. The average Bonchev–Trinajstić information content (AvgIpc) is 3.36. The molecule has 0 bridgehead atoms. The fourth-order valence-corrected chi connectivity index (χ4v) is 5.07. The van der Waals surface area contributed by atoms with Crippen LogP contribution in [0.25, 0.3) is 6.08 Å². The zero-order valence-electron chi connectivity index (χ0n) is 17.7. The lowest BCUT2D eigenvalue weighted by atomic mass is 9.93. The van der Waals surface area contributed by atoms with E-state index < -0.39 is 6.04 Å². The number of ketones is 1. The van der Waals surface area contributed by atoms with Crippen LogP contribution in [0.1, 0.15) is 31.0 Å². The van der Waals surface area contributed by atoms with Gasteiger partial charge in [0, 0.05) is 11.3 Å². The highest BCUT2D eigenvalue weighted by Crippen LogP contribution is 2.33. The standard InChI is InChI=1S/C24H20N2O5S/c1-13-21(14(2)27)22(16-5-7-17(29-3)8-6-16)26-23(28)20(32-24(26)25-13)11-15-4-9-18-19(10-15)31-12-30-18/h4-11,22H,12H2,1-3H3/b20-11-/t22-/m0/s1. The van der Waals surface area contributed by atoms with Crippen molar-refractivity contribution in [1.29, 1.82) is 0 Å². The van der Waals surface area contributed by atoms with E-state index in [9.17, 15) is 9.59 Å². The van der Waals surface area contributed by atoms with Crippen LogP contribution < -0.4 is 29.1 Å². The summed E-state index contributed by atoms with van der Waals surface area (Å²) in [6.07, 6.45) is 1.81. The van der Waals surface area contributed by atoms with Gasteiger partial charge in [-0.05, 0) is 55.3 Å². The maximum Gasteiger partial charge on any atom is 0.271 e. The Labute approximate surface area is 187 Å². The fraction of sp³-hybridized carbons (Fsp3) is 0.208. The second-order valence-corrected chi connectivity index (χ2v) is 8.53. The van der Waals surface area contributed by atoms with E-state index >= 15 is 0 Å². The molecule has 32 heavy (non-hydrogen) atoms. The van der Waals surface area contributed by atoms with Crippen LogP contribution in [0.3, 0.4) is 0 Å². The van der Waals surface area contributed by atoms with E-state index in [1.807, 2.05) is 55.5 Å². The molecule has 8 heteroatoms. The Morgan fingerprint density at radius 1 is 1.19 bits per heavy atom. The lowest BCUT2D eigenvalue weighted by molar-refractivity contribution is -0.114. The van der Waals surface area contributed by atoms with E-state index in [1.54, 1.807) is 11.7 Å². The van der Waals surface area contributed by atoms with Gasteiger partial charge in [-0.3, -0.25) is 14.2 Å². The Bertz CT molecular complexity index is 1450. The van der Waals surface area contributed by atoms with Crippen LogP contribution in [0.15, 0.2) is 63.5 Å². The van der Waals surface area contributed by atoms with Crippen LogP contribution in [0.2, 0.25) is 0 Å². The number of carbonyl (C=O) groups excluding carboxylic acids is 1. The Balaban J connectivity index is 1.69. The van der Waals surface area contributed by atoms with Crippen LogP contribution in [-0.2, 0) is 4.79 Å². The van der Waals surface area contributed by atoms with Gasteiger partial charge in [0.15, 0.2) is 22.1 Å². The molecular formula is C24H20N2O5S. The van der Waals surface area contributed by atoms with Crippen molar-refractivity contribution in [2.24, 2.45) is 4.99 Å². The quantitative estimate of drug-likeness (QED) is 0.613. The van der Waals surface area contributed by atoms with Crippen molar-refractivity contribution >= 4 is 23.2 Å². The Kier molecular flexibility index (Phi) is 4.94. The number of benzene rings is 2. The van der Waals surface area contributed by atoms with Gasteiger partial charge < -0.3 is 14.2 Å². The van der Waals surface area contributed by atoms with Crippen molar-refractivity contribution in [3.63, 3.8) is 0 Å². The minimum atomic E-state index is -0.548. The molecule has 5 rings (SSSR count). The number of methoxy groups -OCH3 is 1. The summed E-state index contributed by atoms with van der Waals surface area (Å²) in [5.74, 6) is 1.92.